The lowest BCUT2D eigenvalue weighted by atomic mass is 10.1. The summed E-state index contributed by atoms with van der Waals surface area (Å²) in [6.07, 6.45) is 5.02. The molecule has 86 valence electrons. The molecule has 0 saturated carbocycles. The van der Waals surface area contributed by atoms with Crippen LogP contribution in [0.15, 0.2) is 36.8 Å². The minimum absolute atomic E-state index is 0.569. The SMILES string of the molecule is N#Cc1ccnc(-c2c[nH]c3ncc(Cl)cc23)c1. The number of fused-ring (bicyclic) bond motifs is 1. The highest BCUT2D eigenvalue weighted by molar-refractivity contribution is 6.31. The van der Waals surface area contributed by atoms with E-state index in [4.69, 9.17) is 16.9 Å². The number of aromatic amines is 1. The summed E-state index contributed by atoms with van der Waals surface area (Å²) >= 11 is 5.94. The molecular weight excluding hydrogens is 248 g/mol. The van der Waals surface area contributed by atoms with Crippen LogP contribution in [-0.2, 0) is 0 Å². The Labute approximate surface area is 108 Å². The Kier molecular flexibility index (Phi) is 2.47. The summed E-state index contributed by atoms with van der Waals surface area (Å²) in [5.74, 6) is 0. The second-order valence-corrected chi connectivity index (χ2v) is 4.23. The Morgan fingerprint density at radius 1 is 1.28 bits per heavy atom. The van der Waals surface area contributed by atoms with Crippen LogP contribution in [0.25, 0.3) is 22.3 Å². The van der Waals surface area contributed by atoms with E-state index in [2.05, 4.69) is 21.0 Å². The molecule has 0 spiro atoms. The Bertz CT molecular complexity index is 770. The third kappa shape index (κ3) is 1.71. The largest absolute Gasteiger partial charge is 0.345 e. The topological polar surface area (TPSA) is 65.4 Å². The van der Waals surface area contributed by atoms with Gasteiger partial charge in [-0.25, -0.2) is 4.98 Å². The Hall–Kier alpha value is -2.38. The Balaban J connectivity index is 2.25. The number of nitrogens with zero attached hydrogens (tertiary/aromatic N) is 3. The molecule has 0 fully saturated rings. The third-order valence-electron chi connectivity index (χ3n) is 2.66. The van der Waals surface area contributed by atoms with Crippen LogP contribution in [0, 0.1) is 11.3 Å². The number of H-pyrrole nitrogens is 1. The lowest BCUT2D eigenvalue weighted by Crippen LogP contribution is -1.84. The highest BCUT2D eigenvalue weighted by Crippen LogP contribution is 2.28. The quantitative estimate of drug-likeness (QED) is 0.725. The molecule has 3 rings (SSSR count). The second kappa shape index (κ2) is 4.13. The van der Waals surface area contributed by atoms with E-state index < -0.39 is 0 Å². The first-order valence-corrected chi connectivity index (χ1v) is 5.65. The molecule has 4 nitrogen and oxygen atoms in total. The van der Waals surface area contributed by atoms with Crippen LogP contribution in [0.5, 0.6) is 0 Å². The average molecular weight is 255 g/mol. The molecular formula is C13H7ClN4. The number of aromatic nitrogens is 3. The van der Waals surface area contributed by atoms with Crippen molar-refractivity contribution in [3.05, 3.63) is 47.4 Å². The summed E-state index contributed by atoms with van der Waals surface area (Å²) in [6, 6.07) is 7.34. The van der Waals surface area contributed by atoms with Gasteiger partial charge in [0.25, 0.3) is 0 Å². The minimum atomic E-state index is 0.569. The van der Waals surface area contributed by atoms with Crippen molar-refractivity contribution in [1.82, 2.24) is 15.0 Å². The van der Waals surface area contributed by atoms with Crippen molar-refractivity contribution >= 4 is 22.6 Å². The van der Waals surface area contributed by atoms with Gasteiger partial charge in [-0.1, -0.05) is 11.6 Å². The second-order valence-electron chi connectivity index (χ2n) is 3.79. The minimum Gasteiger partial charge on any atom is -0.345 e. The molecule has 0 aliphatic rings. The van der Waals surface area contributed by atoms with Crippen molar-refractivity contribution in [2.24, 2.45) is 0 Å². The predicted molar refractivity (Wildman–Crippen MR) is 69.0 cm³/mol. The molecule has 0 amide bonds. The molecule has 1 N–H and O–H groups in total. The monoisotopic (exact) mass is 254 g/mol. The summed E-state index contributed by atoms with van der Waals surface area (Å²) in [6.45, 7) is 0. The molecule has 0 aliphatic carbocycles. The molecule has 18 heavy (non-hydrogen) atoms. The standard InChI is InChI=1S/C13H7ClN4/c14-9-4-10-11(7-18-13(10)17-6-9)12-3-8(5-15)1-2-16-12/h1-4,6-7H,(H,17,18). The summed E-state index contributed by atoms with van der Waals surface area (Å²) in [4.78, 5) is 11.5. The van der Waals surface area contributed by atoms with E-state index in [0.717, 1.165) is 22.3 Å². The molecule has 0 unspecified atom stereocenters. The van der Waals surface area contributed by atoms with Crippen LogP contribution < -0.4 is 0 Å². The van der Waals surface area contributed by atoms with Gasteiger partial charge in [-0.3, -0.25) is 4.98 Å². The van der Waals surface area contributed by atoms with E-state index in [9.17, 15) is 0 Å². The number of hydrogen-bond donors (Lipinski definition) is 1. The van der Waals surface area contributed by atoms with Gasteiger partial charge >= 0.3 is 0 Å². The fourth-order valence-corrected chi connectivity index (χ4v) is 2.00. The normalized spacial score (nSPS) is 10.4. The number of rotatable bonds is 1. The van der Waals surface area contributed by atoms with Crippen molar-refractivity contribution in [3.8, 4) is 17.3 Å². The van der Waals surface area contributed by atoms with Gasteiger partial charge in [-0.2, -0.15) is 5.26 Å². The summed E-state index contributed by atoms with van der Waals surface area (Å²) in [7, 11) is 0. The van der Waals surface area contributed by atoms with Crippen molar-refractivity contribution in [2.45, 2.75) is 0 Å². The van der Waals surface area contributed by atoms with E-state index >= 15 is 0 Å². The van der Waals surface area contributed by atoms with Gasteiger partial charge in [0.1, 0.15) is 5.65 Å². The van der Waals surface area contributed by atoms with Crippen LogP contribution in [-0.4, -0.2) is 15.0 Å². The van der Waals surface area contributed by atoms with Gasteiger partial charge in [0.15, 0.2) is 0 Å². The van der Waals surface area contributed by atoms with Gasteiger partial charge in [-0.15, -0.1) is 0 Å². The first kappa shape index (κ1) is 10.8. The number of nitrogens with one attached hydrogen (secondary N) is 1. The van der Waals surface area contributed by atoms with Crippen LogP contribution in [0.4, 0.5) is 0 Å². The maximum Gasteiger partial charge on any atom is 0.138 e. The fraction of sp³-hybridized carbons (Fsp3) is 0. The molecule has 3 aromatic rings. The molecule has 0 saturated heterocycles. The highest BCUT2D eigenvalue weighted by atomic mass is 35.5. The molecule has 0 bridgehead atoms. The molecule has 0 aromatic carbocycles. The Morgan fingerprint density at radius 3 is 3.00 bits per heavy atom. The van der Waals surface area contributed by atoms with E-state index in [1.807, 2.05) is 12.3 Å². The number of pyridine rings is 2. The zero-order valence-corrected chi connectivity index (χ0v) is 9.94. The van der Waals surface area contributed by atoms with E-state index in [1.54, 1.807) is 24.5 Å². The smallest absolute Gasteiger partial charge is 0.138 e. The van der Waals surface area contributed by atoms with Crippen molar-refractivity contribution in [2.75, 3.05) is 0 Å². The van der Waals surface area contributed by atoms with Gasteiger partial charge in [0, 0.05) is 29.5 Å². The number of nitriles is 1. The van der Waals surface area contributed by atoms with Crippen molar-refractivity contribution in [1.29, 1.82) is 5.26 Å². The average Bonchev–Trinajstić information content (AvgIpc) is 2.81. The summed E-state index contributed by atoms with van der Waals surface area (Å²) in [5.41, 5.74) is 2.93. The van der Waals surface area contributed by atoms with Crippen LogP contribution in [0.2, 0.25) is 5.02 Å². The van der Waals surface area contributed by atoms with Crippen LogP contribution in [0.1, 0.15) is 5.56 Å². The number of hydrogen-bond acceptors (Lipinski definition) is 3. The maximum absolute atomic E-state index is 8.90. The zero-order valence-electron chi connectivity index (χ0n) is 9.18. The lowest BCUT2D eigenvalue weighted by molar-refractivity contribution is 1.31. The van der Waals surface area contributed by atoms with Gasteiger partial charge < -0.3 is 4.98 Å². The van der Waals surface area contributed by atoms with Crippen LogP contribution in [0.3, 0.4) is 0 Å². The van der Waals surface area contributed by atoms with Crippen molar-refractivity contribution in [3.63, 3.8) is 0 Å². The molecule has 0 radical (unpaired) electrons. The van der Waals surface area contributed by atoms with E-state index in [0.29, 0.717) is 10.6 Å². The zero-order chi connectivity index (χ0) is 12.5. The maximum atomic E-state index is 8.90. The summed E-state index contributed by atoms with van der Waals surface area (Å²) < 4.78 is 0. The van der Waals surface area contributed by atoms with E-state index in [-0.39, 0.29) is 0 Å². The van der Waals surface area contributed by atoms with Crippen molar-refractivity contribution < 1.29 is 0 Å². The fourth-order valence-electron chi connectivity index (χ4n) is 1.84. The van der Waals surface area contributed by atoms with E-state index in [1.165, 1.54) is 0 Å². The Morgan fingerprint density at radius 2 is 2.17 bits per heavy atom. The molecule has 5 heteroatoms. The van der Waals surface area contributed by atoms with Gasteiger partial charge in [-0.05, 0) is 18.2 Å². The highest BCUT2D eigenvalue weighted by Gasteiger charge is 2.09. The van der Waals surface area contributed by atoms with Gasteiger partial charge in [0.05, 0.1) is 22.3 Å². The first-order valence-electron chi connectivity index (χ1n) is 5.27. The first-order chi connectivity index (χ1) is 8.78. The summed E-state index contributed by atoms with van der Waals surface area (Å²) in [5, 5.41) is 10.4. The molecule has 0 atom stereocenters. The molecule has 3 heterocycles. The lowest BCUT2D eigenvalue weighted by Gasteiger charge is -1.99. The van der Waals surface area contributed by atoms with Gasteiger partial charge in [0.2, 0.25) is 0 Å². The predicted octanol–water partition coefficient (Wildman–Crippen LogP) is 3.15. The molecule has 0 aliphatic heterocycles. The third-order valence-corrected chi connectivity index (χ3v) is 2.87. The van der Waals surface area contributed by atoms with Crippen LogP contribution >= 0.6 is 11.6 Å². The molecule has 3 aromatic heterocycles. The number of halogens is 1.